The molecule has 0 aromatic heterocycles. The summed E-state index contributed by atoms with van der Waals surface area (Å²) in [5, 5.41) is 12.0. The Morgan fingerprint density at radius 3 is 2.86 bits per heavy atom. The monoisotopic (exact) mass is 204 g/mol. The Morgan fingerprint density at radius 1 is 1.50 bits per heavy atom. The molecule has 0 atom stereocenters. The van der Waals surface area contributed by atoms with Gasteiger partial charge in [0.2, 0.25) is 0 Å². The summed E-state index contributed by atoms with van der Waals surface area (Å²) in [6.45, 7) is 0.637. The number of hydrogen-bond donors (Lipinski definition) is 1. The number of nitrogens with zero attached hydrogens (tertiary/aromatic N) is 1. The molecule has 0 radical (unpaired) electrons. The smallest absolute Gasteiger partial charge is 0.101 e. The molecule has 0 aliphatic carbocycles. The fourth-order valence-electron chi connectivity index (χ4n) is 0.918. The molecule has 0 spiro atoms. The molecule has 1 aromatic rings. The molecule has 1 aromatic carbocycles. The second kappa shape index (κ2) is 5.29. The zero-order valence-electron chi connectivity index (χ0n) is 7.76. The van der Waals surface area contributed by atoms with Crippen molar-refractivity contribution in [3.05, 3.63) is 34.3 Å². The van der Waals surface area contributed by atoms with E-state index in [9.17, 15) is 0 Å². The van der Waals surface area contributed by atoms with E-state index in [0.29, 0.717) is 17.1 Å². The van der Waals surface area contributed by atoms with Gasteiger partial charge in [0.15, 0.2) is 0 Å². The predicted octanol–water partition coefficient (Wildman–Crippen LogP) is 1.78. The minimum atomic E-state index is 0.448. The summed E-state index contributed by atoms with van der Waals surface area (Å²) >= 11 is 5.84. The fourth-order valence-corrected chi connectivity index (χ4v) is 1.14. The highest BCUT2D eigenvalue weighted by Gasteiger charge is 1.98. The molecule has 70 valence electrons. The summed E-state index contributed by atoms with van der Waals surface area (Å²) in [6, 6.07) is 7.15. The highest BCUT2D eigenvalue weighted by molar-refractivity contribution is 6.31. The first-order chi connectivity index (χ1) is 6.77. The topological polar surface area (TPSA) is 35.8 Å². The van der Waals surface area contributed by atoms with Crippen LogP contribution in [0.25, 0.3) is 0 Å². The number of halogens is 1. The molecule has 2 nitrogen and oxygen atoms in total. The second-order valence-corrected chi connectivity index (χ2v) is 3.05. The number of hydrogen-bond acceptors (Lipinski definition) is 2. The van der Waals surface area contributed by atoms with Crippen molar-refractivity contribution >= 4 is 11.6 Å². The van der Waals surface area contributed by atoms with Crippen LogP contribution in [0.2, 0.25) is 5.02 Å². The van der Waals surface area contributed by atoms with Crippen LogP contribution in [-0.4, -0.2) is 13.6 Å². The number of nitrogens with one attached hydrogen (secondary N) is 1. The Hall–Kier alpha value is -1.48. The quantitative estimate of drug-likeness (QED) is 0.708. The third-order valence-electron chi connectivity index (χ3n) is 1.59. The lowest BCUT2D eigenvalue weighted by atomic mass is 10.1. The van der Waals surface area contributed by atoms with Crippen LogP contribution < -0.4 is 5.32 Å². The van der Waals surface area contributed by atoms with Crippen LogP contribution in [0.3, 0.4) is 0 Å². The van der Waals surface area contributed by atoms with E-state index in [1.54, 1.807) is 18.2 Å². The summed E-state index contributed by atoms with van der Waals surface area (Å²) in [4.78, 5) is 0. The van der Waals surface area contributed by atoms with Crippen molar-refractivity contribution in [3.63, 3.8) is 0 Å². The van der Waals surface area contributed by atoms with Crippen LogP contribution in [0.4, 0.5) is 0 Å². The van der Waals surface area contributed by atoms with Gasteiger partial charge in [0.1, 0.15) is 6.07 Å². The van der Waals surface area contributed by atoms with Crippen LogP contribution in [0.1, 0.15) is 11.1 Å². The van der Waals surface area contributed by atoms with Gasteiger partial charge < -0.3 is 5.32 Å². The van der Waals surface area contributed by atoms with Gasteiger partial charge in [-0.25, -0.2) is 0 Å². The molecule has 0 bridgehead atoms. The van der Waals surface area contributed by atoms with Gasteiger partial charge >= 0.3 is 0 Å². The molecule has 0 aliphatic heterocycles. The first kappa shape index (κ1) is 10.6. The van der Waals surface area contributed by atoms with Crippen molar-refractivity contribution in [2.45, 2.75) is 0 Å². The van der Waals surface area contributed by atoms with E-state index >= 15 is 0 Å². The first-order valence-corrected chi connectivity index (χ1v) is 4.49. The van der Waals surface area contributed by atoms with Gasteiger partial charge in [-0.15, -0.1) is 0 Å². The van der Waals surface area contributed by atoms with E-state index in [1.807, 2.05) is 13.1 Å². The molecule has 0 heterocycles. The first-order valence-electron chi connectivity index (χ1n) is 4.11. The van der Waals surface area contributed by atoms with Gasteiger partial charge in [0.25, 0.3) is 0 Å². The lowest BCUT2D eigenvalue weighted by Crippen LogP contribution is -2.04. The van der Waals surface area contributed by atoms with Crippen molar-refractivity contribution in [2.24, 2.45) is 0 Å². The minimum Gasteiger partial charge on any atom is -0.309 e. The number of nitriles is 1. The van der Waals surface area contributed by atoms with Crippen molar-refractivity contribution in [2.75, 3.05) is 13.6 Å². The van der Waals surface area contributed by atoms with Crippen molar-refractivity contribution in [1.82, 2.24) is 5.32 Å². The maximum Gasteiger partial charge on any atom is 0.101 e. The normalized spacial score (nSPS) is 8.64. The van der Waals surface area contributed by atoms with Crippen LogP contribution in [0.5, 0.6) is 0 Å². The number of benzene rings is 1. The van der Waals surface area contributed by atoms with Gasteiger partial charge in [-0.1, -0.05) is 23.4 Å². The average Bonchev–Trinajstić information content (AvgIpc) is 2.18. The lowest BCUT2D eigenvalue weighted by Gasteiger charge is -1.94. The third-order valence-corrected chi connectivity index (χ3v) is 1.90. The fraction of sp³-hybridized carbons (Fsp3) is 0.182. The molecule has 14 heavy (non-hydrogen) atoms. The summed E-state index contributed by atoms with van der Waals surface area (Å²) < 4.78 is 0. The van der Waals surface area contributed by atoms with Crippen molar-refractivity contribution < 1.29 is 0 Å². The zero-order chi connectivity index (χ0) is 10.4. The lowest BCUT2D eigenvalue weighted by molar-refractivity contribution is 0.938. The molecule has 0 aliphatic rings. The largest absolute Gasteiger partial charge is 0.309 e. The van der Waals surface area contributed by atoms with Crippen LogP contribution in [0.15, 0.2) is 18.2 Å². The van der Waals surface area contributed by atoms with E-state index in [-0.39, 0.29) is 0 Å². The number of rotatable bonds is 1. The van der Waals surface area contributed by atoms with E-state index in [1.165, 1.54) is 0 Å². The van der Waals surface area contributed by atoms with E-state index in [0.717, 1.165) is 5.56 Å². The molecular weight excluding hydrogens is 196 g/mol. The van der Waals surface area contributed by atoms with Crippen LogP contribution >= 0.6 is 11.6 Å². The van der Waals surface area contributed by atoms with Crippen molar-refractivity contribution in [3.8, 4) is 17.9 Å². The van der Waals surface area contributed by atoms with Gasteiger partial charge in [-0.3, -0.25) is 0 Å². The van der Waals surface area contributed by atoms with Crippen LogP contribution in [0, 0.1) is 23.2 Å². The maximum absolute atomic E-state index is 8.64. The highest BCUT2D eigenvalue weighted by atomic mass is 35.5. The Labute approximate surface area is 88.5 Å². The van der Waals surface area contributed by atoms with E-state index in [4.69, 9.17) is 16.9 Å². The van der Waals surface area contributed by atoms with Gasteiger partial charge in [0, 0.05) is 5.56 Å². The summed E-state index contributed by atoms with van der Waals surface area (Å²) in [6.07, 6.45) is 0. The molecule has 0 fully saturated rings. The molecule has 1 rings (SSSR count). The molecule has 0 saturated carbocycles. The Kier molecular flexibility index (Phi) is 4.01. The summed E-state index contributed by atoms with van der Waals surface area (Å²) in [7, 11) is 1.83. The Morgan fingerprint density at radius 2 is 2.29 bits per heavy atom. The third kappa shape index (κ3) is 2.78. The molecule has 0 saturated heterocycles. The Bertz CT molecular complexity index is 421. The predicted molar refractivity (Wildman–Crippen MR) is 57.0 cm³/mol. The molecule has 0 amide bonds. The zero-order valence-corrected chi connectivity index (χ0v) is 8.52. The standard InChI is InChI=1S/C11H9ClN2/c1-14-6-2-3-9-4-5-10(8-13)11(12)7-9/h4-5,7,14H,6H2,1H3. The molecule has 1 N–H and O–H groups in total. The van der Waals surface area contributed by atoms with Gasteiger partial charge in [-0.2, -0.15) is 5.26 Å². The SMILES string of the molecule is CNCC#Cc1ccc(C#N)c(Cl)c1. The summed E-state index contributed by atoms with van der Waals surface area (Å²) in [5.41, 5.74) is 1.30. The van der Waals surface area contributed by atoms with Gasteiger partial charge in [0.05, 0.1) is 17.1 Å². The van der Waals surface area contributed by atoms with E-state index in [2.05, 4.69) is 17.2 Å². The highest BCUT2D eigenvalue weighted by Crippen LogP contribution is 2.16. The second-order valence-electron chi connectivity index (χ2n) is 2.64. The summed E-state index contributed by atoms with van der Waals surface area (Å²) in [5.74, 6) is 5.84. The molecule has 3 heteroatoms. The molecular formula is C11H9ClN2. The van der Waals surface area contributed by atoms with Crippen LogP contribution in [-0.2, 0) is 0 Å². The minimum absolute atomic E-state index is 0.448. The van der Waals surface area contributed by atoms with Crippen molar-refractivity contribution in [1.29, 1.82) is 5.26 Å². The Balaban J connectivity index is 2.89. The van der Waals surface area contributed by atoms with Gasteiger partial charge in [-0.05, 0) is 25.2 Å². The molecule has 0 unspecified atom stereocenters. The average molecular weight is 205 g/mol. The van der Waals surface area contributed by atoms with E-state index < -0.39 is 0 Å². The maximum atomic E-state index is 8.64.